The molecule has 1 atom stereocenters. The first kappa shape index (κ1) is 22.1. The molecule has 0 saturated carbocycles. The number of carbonyl (C=O) groups excluding carboxylic acids is 2. The summed E-state index contributed by atoms with van der Waals surface area (Å²) >= 11 is 0. The minimum Gasteiger partial charge on any atom is -0.353 e. The van der Waals surface area contributed by atoms with Crippen LogP contribution < -0.4 is 10.2 Å². The van der Waals surface area contributed by atoms with Gasteiger partial charge in [-0.25, -0.2) is 9.78 Å². The Hall–Kier alpha value is -3.09. The molecule has 0 radical (unpaired) electrons. The number of hydrogen-bond acceptors (Lipinski definition) is 4. The van der Waals surface area contributed by atoms with Gasteiger partial charge in [0.15, 0.2) is 0 Å². The number of carbonyl (C=O) groups is 2. The van der Waals surface area contributed by atoms with Gasteiger partial charge in [0.1, 0.15) is 5.82 Å². The maximum atomic E-state index is 12.8. The first-order valence-corrected chi connectivity index (χ1v) is 11.6. The molecule has 2 fully saturated rings. The number of nitrogens with zero attached hydrogens (tertiary/aromatic N) is 4. The maximum Gasteiger partial charge on any atom is 0.321 e. The van der Waals surface area contributed by atoms with Gasteiger partial charge in [-0.3, -0.25) is 4.79 Å². The number of aromatic nitrogens is 1. The average Bonchev–Trinajstić information content (AvgIpc) is 2.83. The Balaban J connectivity index is 1.21. The summed E-state index contributed by atoms with van der Waals surface area (Å²) in [4.78, 5) is 36.0. The van der Waals surface area contributed by atoms with Crippen molar-refractivity contribution < 1.29 is 9.59 Å². The van der Waals surface area contributed by atoms with Gasteiger partial charge < -0.3 is 20.0 Å². The highest BCUT2D eigenvalue weighted by Crippen LogP contribution is 2.23. The highest BCUT2D eigenvalue weighted by Gasteiger charge is 2.26. The second-order valence-corrected chi connectivity index (χ2v) is 8.85. The van der Waals surface area contributed by atoms with E-state index in [9.17, 15) is 9.59 Å². The zero-order valence-corrected chi connectivity index (χ0v) is 18.9. The molecule has 0 bridgehead atoms. The van der Waals surface area contributed by atoms with Crippen LogP contribution in [-0.4, -0.2) is 66.0 Å². The molecular formula is C25H33N5O2. The van der Waals surface area contributed by atoms with Crippen molar-refractivity contribution >= 4 is 23.4 Å². The van der Waals surface area contributed by atoms with E-state index in [-0.39, 0.29) is 11.9 Å². The van der Waals surface area contributed by atoms with Gasteiger partial charge in [0.2, 0.25) is 5.91 Å². The van der Waals surface area contributed by atoms with Gasteiger partial charge >= 0.3 is 6.03 Å². The summed E-state index contributed by atoms with van der Waals surface area (Å²) in [5, 5.41) is 3.01. The van der Waals surface area contributed by atoms with Crippen LogP contribution in [0.25, 0.3) is 0 Å². The number of piperidine rings is 1. The van der Waals surface area contributed by atoms with E-state index in [0.717, 1.165) is 75.6 Å². The number of pyridine rings is 1. The predicted molar refractivity (Wildman–Crippen MR) is 127 cm³/mol. The molecule has 0 spiro atoms. The summed E-state index contributed by atoms with van der Waals surface area (Å²) in [7, 11) is 0. The van der Waals surface area contributed by atoms with E-state index in [1.165, 1.54) is 0 Å². The summed E-state index contributed by atoms with van der Waals surface area (Å²) in [6, 6.07) is 13.7. The molecule has 1 N–H and O–H groups in total. The second kappa shape index (κ2) is 10.5. The van der Waals surface area contributed by atoms with E-state index < -0.39 is 0 Å². The molecule has 170 valence electrons. The van der Waals surface area contributed by atoms with Crippen molar-refractivity contribution in [1.29, 1.82) is 0 Å². The number of anilines is 2. The number of amides is 3. The fraction of sp³-hybridized carbons (Fsp3) is 0.480. The van der Waals surface area contributed by atoms with Crippen LogP contribution in [-0.2, 0) is 4.79 Å². The van der Waals surface area contributed by atoms with Crippen LogP contribution in [0, 0.1) is 12.8 Å². The molecule has 0 aliphatic carbocycles. The first-order chi connectivity index (χ1) is 15.6. The molecule has 2 saturated heterocycles. The number of urea groups is 1. The molecule has 2 aromatic rings. The number of rotatable bonds is 5. The van der Waals surface area contributed by atoms with Crippen molar-refractivity contribution in [1.82, 2.24) is 14.8 Å². The van der Waals surface area contributed by atoms with Crippen molar-refractivity contribution in [3.63, 3.8) is 0 Å². The third-order valence-electron chi connectivity index (χ3n) is 6.45. The molecule has 3 amide bonds. The van der Waals surface area contributed by atoms with E-state index in [1.807, 2.05) is 65.4 Å². The maximum absolute atomic E-state index is 12.8. The normalized spacial score (nSPS) is 19.0. The number of aryl methyl sites for hydroxylation is 1. The summed E-state index contributed by atoms with van der Waals surface area (Å²) in [5.74, 6) is 1.59. The zero-order chi connectivity index (χ0) is 22.3. The van der Waals surface area contributed by atoms with Crippen molar-refractivity contribution in [2.24, 2.45) is 5.92 Å². The lowest BCUT2D eigenvalue weighted by Crippen LogP contribution is -2.49. The Bertz CT molecular complexity index is 912. The van der Waals surface area contributed by atoms with Gasteiger partial charge in [-0.1, -0.05) is 18.2 Å². The van der Waals surface area contributed by atoms with Crippen LogP contribution in [0.4, 0.5) is 16.3 Å². The quantitative estimate of drug-likeness (QED) is 0.776. The Morgan fingerprint density at radius 3 is 2.62 bits per heavy atom. The summed E-state index contributed by atoms with van der Waals surface area (Å²) in [6.45, 7) is 6.63. The van der Waals surface area contributed by atoms with E-state index >= 15 is 0 Å². The molecule has 2 aliphatic rings. The van der Waals surface area contributed by atoms with Crippen LogP contribution in [0.15, 0.2) is 48.7 Å². The molecule has 1 aromatic heterocycles. The molecule has 4 rings (SSSR count). The van der Waals surface area contributed by atoms with Crippen molar-refractivity contribution in [3.05, 3.63) is 54.2 Å². The fourth-order valence-corrected chi connectivity index (χ4v) is 4.62. The minimum atomic E-state index is -0.0442. The highest BCUT2D eigenvalue weighted by atomic mass is 16.2. The molecule has 2 aliphatic heterocycles. The standard InChI is InChI=1S/C25H33N5O2/c1-20-6-4-8-22(18-20)27-25(32)30-13-5-7-21(19-30)10-11-24(31)29-16-14-28(15-17-29)23-9-2-3-12-26-23/h2-4,6,8-9,12,18,21H,5,7,10-11,13-17,19H2,1H3,(H,27,32). The summed E-state index contributed by atoms with van der Waals surface area (Å²) in [6.07, 6.45) is 5.27. The Labute approximate surface area is 190 Å². The number of hydrogen-bond donors (Lipinski definition) is 1. The highest BCUT2D eigenvalue weighted by molar-refractivity contribution is 5.89. The molecule has 7 nitrogen and oxygen atoms in total. The zero-order valence-electron chi connectivity index (χ0n) is 18.9. The molecule has 3 heterocycles. The minimum absolute atomic E-state index is 0.0442. The van der Waals surface area contributed by atoms with Crippen molar-refractivity contribution in [2.75, 3.05) is 49.5 Å². The summed E-state index contributed by atoms with van der Waals surface area (Å²) < 4.78 is 0. The summed E-state index contributed by atoms with van der Waals surface area (Å²) in [5.41, 5.74) is 1.95. The number of benzene rings is 1. The molecule has 1 aromatic carbocycles. The van der Waals surface area contributed by atoms with Crippen LogP contribution in [0.3, 0.4) is 0 Å². The van der Waals surface area contributed by atoms with Crippen LogP contribution in [0.2, 0.25) is 0 Å². The molecule has 32 heavy (non-hydrogen) atoms. The van der Waals surface area contributed by atoms with Crippen LogP contribution >= 0.6 is 0 Å². The van der Waals surface area contributed by atoms with Crippen molar-refractivity contribution in [2.45, 2.75) is 32.6 Å². The predicted octanol–water partition coefficient (Wildman–Crippen LogP) is 3.76. The average molecular weight is 436 g/mol. The topological polar surface area (TPSA) is 68.8 Å². The Morgan fingerprint density at radius 1 is 1.03 bits per heavy atom. The van der Waals surface area contributed by atoms with Crippen LogP contribution in [0.5, 0.6) is 0 Å². The van der Waals surface area contributed by atoms with Gasteiger partial charge in [0.05, 0.1) is 0 Å². The van der Waals surface area contributed by atoms with Crippen LogP contribution in [0.1, 0.15) is 31.2 Å². The Kier molecular flexibility index (Phi) is 7.24. The molecule has 1 unspecified atom stereocenters. The lowest BCUT2D eigenvalue weighted by molar-refractivity contribution is -0.131. The fourth-order valence-electron chi connectivity index (χ4n) is 4.62. The van der Waals surface area contributed by atoms with E-state index in [1.54, 1.807) is 0 Å². The van der Waals surface area contributed by atoms with Gasteiger partial charge in [-0.05, 0) is 61.9 Å². The number of likely N-dealkylation sites (tertiary alicyclic amines) is 1. The molecule has 7 heteroatoms. The van der Waals surface area contributed by atoms with Crippen molar-refractivity contribution in [3.8, 4) is 0 Å². The van der Waals surface area contributed by atoms with E-state index in [4.69, 9.17) is 0 Å². The van der Waals surface area contributed by atoms with Gasteiger partial charge in [0, 0.05) is 57.6 Å². The van der Waals surface area contributed by atoms with Gasteiger partial charge in [-0.15, -0.1) is 0 Å². The lowest BCUT2D eigenvalue weighted by atomic mass is 9.93. The number of nitrogens with one attached hydrogen (secondary N) is 1. The lowest BCUT2D eigenvalue weighted by Gasteiger charge is -2.36. The smallest absolute Gasteiger partial charge is 0.321 e. The third kappa shape index (κ3) is 5.78. The monoisotopic (exact) mass is 435 g/mol. The van der Waals surface area contributed by atoms with Gasteiger partial charge in [-0.2, -0.15) is 0 Å². The van der Waals surface area contributed by atoms with E-state index in [2.05, 4.69) is 15.2 Å². The van der Waals surface area contributed by atoms with E-state index in [0.29, 0.717) is 12.3 Å². The third-order valence-corrected chi connectivity index (χ3v) is 6.45. The van der Waals surface area contributed by atoms with Gasteiger partial charge in [0.25, 0.3) is 0 Å². The SMILES string of the molecule is Cc1cccc(NC(=O)N2CCCC(CCC(=O)N3CCN(c4ccccn4)CC3)C2)c1. The second-order valence-electron chi connectivity index (χ2n) is 8.85. The Morgan fingerprint density at radius 2 is 1.88 bits per heavy atom. The largest absolute Gasteiger partial charge is 0.353 e. The first-order valence-electron chi connectivity index (χ1n) is 11.6. The number of piperazine rings is 1. The molecular weight excluding hydrogens is 402 g/mol.